The zero-order chi connectivity index (χ0) is 37.6. The van der Waals surface area contributed by atoms with Crippen LogP contribution in [0.1, 0.15) is 71.6 Å². The van der Waals surface area contributed by atoms with Crippen molar-refractivity contribution in [3.63, 3.8) is 0 Å². The van der Waals surface area contributed by atoms with Crippen molar-refractivity contribution in [3.8, 4) is 11.5 Å². The SMILES string of the molecule is CCC(=C(c1ccc(O)cc1)c1ccc(OCCCC(O)CN2CCN(c3ccc4c(c3)CN(C3CCC(=O)NC3=O)C4=O)CC2)cc1)c1ccccc1. The molecule has 0 radical (unpaired) electrons. The predicted octanol–water partition coefficient (Wildman–Crippen LogP) is 5.86. The number of imide groups is 1. The van der Waals surface area contributed by atoms with Gasteiger partial charge in [0.05, 0.1) is 12.7 Å². The molecular weight excluding hydrogens is 681 g/mol. The number of nitrogens with one attached hydrogen (secondary N) is 1. The monoisotopic (exact) mass is 728 g/mol. The summed E-state index contributed by atoms with van der Waals surface area (Å²) in [7, 11) is 0. The van der Waals surface area contributed by atoms with E-state index in [0.29, 0.717) is 38.1 Å². The van der Waals surface area contributed by atoms with Gasteiger partial charge in [-0.3, -0.25) is 24.6 Å². The van der Waals surface area contributed by atoms with Crippen LogP contribution in [0.25, 0.3) is 11.1 Å². The van der Waals surface area contributed by atoms with Gasteiger partial charge in [0, 0.05) is 56.9 Å². The van der Waals surface area contributed by atoms with Gasteiger partial charge < -0.3 is 24.7 Å². The number of hydrogen-bond acceptors (Lipinski definition) is 8. The van der Waals surface area contributed by atoms with Crippen LogP contribution < -0.4 is 15.0 Å². The highest BCUT2D eigenvalue weighted by Crippen LogP contribution is 2.36. The van der Waals surface area contributed by atoms with Crippen LogP contribution in [0.15, 0.2) is 97.1 Å². The summed E-state index contributed by atoms with van der Waals surface area (Å²) in [6, 6.07) is 31.2. The largest absolute Gasteiger partial charge is 0.508 e. The van der Waals surface area contributed by atoms with Crippen LogP contribution in [-0.4, -0.2) is 89.2 Å². The van der Waals surface area contributed by atoms with Crippen molar-refractivity contribution < 1.29 is 29.3 Å². The lowest BCUT2D eigenvalue weighted by molar-refractivity contribution is -0.136. The van der Waals surface area contributed by atoms with Crippen molar-refractivity contribution in [2.75, 3.05) is 44.2 Å². The molecule has 2 atom stereocenters. The van der Waals surface area contributed by atoms with Crippen LogP contribution >= 0.6 is 0 Å². The Bertz CT molecular complexity index is 1990. The van der Waals surface area contributed by atoms with Crippen LogP contribution in [0.2, 0.25) is 0 Å². The molecule has 0 aliphatic carbocycles. The second-order valence-corrected chi connectivity index (χ2v) is 14.3. The highest BCUT2D eigenvalue weighted by Gasteiger charge is 2.39. The fraction of sp³-hybridized carbons (Fsp3) is 0.341. The number of ether oxygens (including phenoxy) is 1. The Balaban J connectivity index is 0.871. The van der Waals surface area contributed by atoms with Gasteiger partial charge in [0.2, 0.25) is 11.8 Å². The summed E-state index contributed by atoms with van der Waals surface area (Å²) in [6.07, 6.45) is 2.37. The Hall–Kier alpha value is -5.45. The van der Waals surface area contributed by atoms with Crippen LogP contribution in [-0.2, 0) is 16.1 Å². The van der Waals surface area contributed by atoms with Gasteiger partial charge in [-0.1, -0.05) is 61.5 Å². The third kappa shape index (κ3) is 8.35. The number of piperazine rings is 1. The molecule has 10 nitrogen and oxygen atoms in total. The molecule has 7 rings (SSSR count). The van der Waals surface area contributed by atoms with Crippen molar-refractivity contribution in [1.82, 2.24) is 15.1 Å². The van der Waals surface area contributed by atoms with Gasteiger partial charge >= 0.3 is 0 Å². The smallest absolute Gasteiger partial charge is 0.255 e. The quantitative estimate of drug-likeness (QED) is 0.0889. The number of aliphatic hydroxyl groups is 1. The van der Waals surface area contributed by atoms with E-state index < -0.39 is 18.1 Å². The molecule has 2 unspecified atom stereocenters. The molecule has 0 saturated carbocycles. The van der Waals surface area contributed by atoms with Crippen molar-refractivity contribution >= 4 is 34.6 Å². The van der Waals surface area contributed by atoms with E-state index in [9.17, 15) is 24.6 Å². The van der Waals surface area contributed by atoms with Gasteiger partial charge in [0.15, 0.2) is 0 Å². The molecular formula is C44H48N4O6. The maximum absolute atomic E-state index is 13.1. The minimum atomic E-state index is -0.617. The molecule has 280 valence electrons. The number of anilines is 1. The first-order chi connectivity index (χ1) is 26.3. The number of amides is 3. The molecule has 3 amide bonds. The molecule has 3 heterocycles. The van der Waals surface area contributed by atoms with Crippen LogP contribution in [0.5, 0.6) is 11.5 Å². The molecule has 4 aromatic carbocycles. The third-order valence-corrected chi connectivity index (χ3v) is 10.7. The highest BCUT2D eigenvalue weighted by atomic mass is 16.5. The molecule has 0 bridgehead atoms. The van der Waals surface area contributed by atoms with Crippen LogP contribution in [0, 0.1) is 0 Å². The first-order valence-corrected chi connectivity index (χ1v) is 19.0. The van der Waals surface area contributed by atoms with E-state index in [1.807, 2.05) is 42.5 Å². The van der Waals surface area contributed by atoms with Gasteiger partial charge in [-0.2, -0.15) is 0 Å². The molecule has 4 aromatic rings. The van der Waals surface area contributed by atoms with Crippen molar-refractivity contribution in [1.29, 1.82) is 0 Å². The predicted molar refractivity (Wildman–Crippen MR) is 209 cm³/mol. The van der Waals surface area contributed by atoms with E-state index in [1.165, 1.54) is 11.1 Å². The summed E-state index contributed by atoms with van der Waals surface area (Å²) in [5.41, 5.74) is 8.21. The minimum absolute atomic E-state index is 0.161. The molecule has 2 fully saturated rings. The number of aromatic hydroxyl groups is 1. The second kappa shape index (κ2) is 16.7. The fourth-order valence-corrected chi connectivity index (χ4v) is 7.87. The first-order valence-electron chi connectivity index (χ1n) is 19.0. The summed E-state index contributed by atoms with van der Waals surface area (Å²) < 4.78 is 6.09. The lowest BCUT2D eigenvalue weighted by atomic mass is 9.88. The molecule has 0 spiro atoms. The van der Waals surface area contributed by atoms with E-state index in [-0.39, 0.29) is 24.0 Å². The van der Waals surface area contributed by atoms with E-state index in [2.05, 4.69) is 64.5 Å². The summed E-state index contributed by atoms with van der Waals surface area (Å²) >= 11 is 0. The van der Waals surface area contributed by atoms with E-state index >= 15 is 0 Å². The molecule has 3 aliphatic rings. The lowest BCUT2D eigenvalue weighted by Gasteiger charge is -2.37. The number of allylic oxidation sites excluding steroid dienone is 1. The number of benzene rings is 4. The normalized spacial score (nSPS) is 18.6. The summed E-state index contributed by atoms with van der Waals surface area (Å²) in [4.78, 5) is 43.3. The summed E-state index contributed by atoms with van der Waals surface area (Å²) in [5.74, 6) is 0.172. The van der Waals surface area contributed by atoms with Gasteiger partial charge in [-0.15, -0.1) is 0 Å². The maximum Gasteiger partial charge on any atom is 0.255 e. The summed E-state index contributed by atoms with van der Waals surface area (Å²) in [6.45, 7) is 6.91. The van der Waals surface area contributed by atoms with E-state index in [1.54, 1.807) is 17.0 Å². The zero-order valence-electron chi connectivity index (χ0n) is 30.7. The third-order valence-electron chi connectivity index (χ3n) is 10.7. The van der Waals surface area contributed by atoms with E-state index in [0.717, 1.165) is 72.7 Å². The number of phenols is 1. The Morgan fingerprint density at radius 2 is 1.57 bits per heavy atom. The number of aliphatic hydroxyl groups excluding tert-OH is 1. The Kier molecular flexibility index (Phi) is 11.4. The van der Waals surface area contributed by atoms with Gasteiger partial charge in [0.25, 0.3) is 5.91 Å². The Morgan fingerprint density at radius 1 is 0.870 bits per heavy atom. The van der Waals surface area contributed by atoms with Crippen LogP contribution in [0.3, 0.4) is 0 Å². The first kappa shape index (κ1) is 36.9. The number of nitrogens with zero attached hydrogens (tertiary/aromatic N) is 3. The van der Waals surface area contributed by atoms with Gasteiger partial charge in [-0.25, -0.2) is 0 Å². The van der Waals surface area contributed by atoms with Crippen LogP contribution in [0.4, 0.5) is 5.69 Å². The number of carbonyl (C=O) groups excluding carboxylic acids is 3. The van der Waals surface area contributed by atoms with E-state index in [4.69, 9.17) is 4.74 Å². The minimum Gasteiger partial charge on any atom is -0.508 e. The van der Waals surface area contributed by atoms with Gasteiger partial charge in [-0.05, 0) is 102 Å². The average Bonchev–Trinajstić information content (AvgIpc) is 3.51. The standard InChI is InChI=1S/C44H48N4O6/c1-2-38(30-7-4-3-5-8-30)42(31-10-15-35(49)16-11-31)32-12-17-37(18-13-32)54-26-6-9-36(50)29-46-22-24-47(25-23-46)34-14-19-39-33(27-34)28-48(44(39)53)40-20-21-41(51)45-43(40)52/h3-5,7-8,10-19,27,36,40,49-50H,2,6,9,20-26,28-29H2,1H3,(H,45,51,52). The highest BCUT2D eigenvalue weighted by molar-refractivity contribution is 6.05. The molecule has 0 aromatic heterocycles. The van der Waals surface area contributed by atoms with Gasteiger partial charge in [0.1, 0.15) is 17.5 Å². The number of fused-ring (bicyclic) bond motifs is 1. The molecule has 10 heteroatoms. The van der Waals surface area contributed by atoms with Crippen molar-refractivity contribution in [2.24, 2.45) is 0 Å². The maximum atomic E-state index is 13.1. The zero-order valence-corrected chi connectivity index (χ0v) is 30.7. The average molecular weight is 729 g/mol. The van der Waals surface area contributed by atoms with Crippen molar-refractivity contribution in [3.05, 3.63) is 125 Å². The fourth-order valence-electron chi connectivity index (χ4n) is 7.87. The number of phenolic OH excluding ortho intramolecular Hbond substituents is 1. The molecule has 3 aliphatic heterocycles. The Labute approximate surface area is 316 Å². The Morgan fingerprint density at radius 3 is 2.26 bits per heavy atom. The van der Waals surface area contributed by atoms with Crippen molar-refractivity contribution in [2.45, 2.75) is 57.7 Å². The molecule has 3 N–H and O–H groups in total. The topological polar surface area (TPSA) is 123 Å². The number of hydrogen-bond donors (Lipinski definition) is 3. The number of carbonyl (C=O) groups is 3. The number of β-amino-alcohol motifs (C(OH)–C–C–N with tert-alkyl or cyclic N) is 1. The number of rotatable bonds is 13. The molecule has 54 heavy (non-hydrogen) atoms. The molecule has 2 saturated heterocycles. The summed E-state index contributed by atoms with van der Waals surface area (Å²) in [5, 5.41) is 23.1. The number of piperidine rings is 1. The lowest BCUT2D eigenvalue weighted by Crippen LogP contribution is -2.52. The second-order valence-electron chi connectivity index (χ2n) is 14.3.